The number of nitro benzene ring substituents is 1. The number of nitrogens with two attached hydrogens (primary N) is 1. The number of nitro groups is 1. The molecule has 0 saturated heterocycles. The third-order valence-corrected chi connectivity index (χ3v) is 5.29. The van der Waals surface area contributed by atoms with Gasteiger partial charge in [-0.15, -0.1) is 0 Å². The normalized spacial score (nSPS) is 24.0. The largest absolute Gasteiger partial charge is 0.399 e. The van der Waals surface area contributed by atoms with Gasteiger partial charge in [0.2, 0.25) is 0 Å². The molecule has 1 aliphatic heterocycles. The maximum atomic E-state index is 11.2. The summed E-state index contributed by atoms with van der Waals surface area (Å²) in [4.78, 5) is 12.7. The second-order valence-corrected chi connectivity index (χ2v) is 6.75. The van der Waals surface area contributed by atoms with Crippen molar-refractivity contribution >= 4 is 5.69 Å². The molecule has 8 nitrogen and oxygen atoms in total. The summed E-state index contributed by atoms with van der Waals surface area (Å²) < 4.78 is 0. The zero-order valence-electron chi connectivity index (χ0n) is 14.6. The van der Waals surface area contributed by atoms with E-state index in [0.29, 0.717) is 24.2 Å². The molecule has 2 aliphatic rings. The van der Waals surface area contributed by atoms with Gasteiger partial charge in [0.25, 0.3) is 5.69 Å². The van der Waals surface area contributed by atoms with Gasteiger partial charge in [0.1, 0.15) is 6.07 Å². The van der Waals surface area contributed by atoms with Crippen LogP contribution in [0.2, 0.25) is 0 Å². The van der Waals surface area contributed by atoms with E-state index in [1.165, 1.54) is 18.2 Å². The third-order valence-electron chi connectivity index (χ3n) is 5.29. The molecule has 1 aliphatic carbocycles. The summed E-state index contributed by atoms with van der Waals surface area (Å²) in [6.45, 7) is 1.11. The van der Waals surface area contributed by atoms with Gasteiger partial charge in [0.15, 0.2) is 5.41 Å². The van der Waals surface area contributed by atoms with Crippen molar-refractivity contribution in [2.24, 2.45) is 17.1 Å². The Morgan fingerprint density at radius 2 is 2.04 bits per heavy atom. The quantitative estimate of drug-likeness (QED) is 0.627. The molecule has 0 aromatic heterocycles. The lowest BCUT2D eigenvalue weighted by Gasteiger charge is -2.44. The van der Waals surface area contributed by atoms with Gasteiger partial charge in [-0.1, -0.05) is 18.2 Å². The second kappa shape index (κ2) is 6.57. The van der Waals surface area contributed by atoms with Crippen LogP contribution in [0.4, 0.5) is 5.69 Å². The van der Waals surface area contributed by atoms with Crippen molar-refractivity contribution in [1.29, 1.82) is 15.8 Å². The summed E-state index contributed by atoms with van der Waals surface area (Å²) in [6, 6.07) is 12.0. The van der Waals surface area contributed by atoms with Crippen LogP contribution in [0, 0.1) is 55.4 Å². The van der Waals surface area contributed by atoms with E-state index >= 15 is 0 Å². The van der Waals surface area contributed by atoms with E-state index in [-0.39, 0.29) is 22.9 Å². The van der Waals surface area contributed by atoms with Crippen molar-refractivity contribution in [3.63, 3.8) is 0 Å². The van der Waals surface area contributed by atoms with Gasteiger partial charge in [0, 0.05) is 37.1 Å². The molecule has 8 heteroatoms. The van der Waals surface area contributed by atoms with Gasteiger partial charge in [-0.3, -0.25) is 10.1 Å². The van der Waals surface area contributed by atoms with Crippen LogP contribution in [0.15, 0.2) is 47.2 Å². The maximum absolute atomic E-state index is 11.2. The minimum absolute atomic E-state index is 0.0847. The zero-order chi connectivity index (χ0) is 19.8. The summed E-state index contributed by atoms with van der Waals surface area (Å²) in [7, 11) is 1.89. The first-order valence-corrected chi connectivity index (χ1v) is 8.25. The molecule has 2 N–H and O–H groups in total. The van der Waals surface area contributed by atoms with E-state index in [1.807, 2.05) is 30.2 Å². The van der Waals surface area contributed by atoms with Crippen LogP contribution in [0.3, 0.4) is 0 Å². The predicted octanol–water partition coefficient (Wildman–Crippen LogP) is 1.95. The van der Waals surface area contributed by atoms with Crippen molar-refractivity contribution < 1.29 is 4.92 Å². The first kappa shape index (κ1) is 18.1. The molecule has 0 radical (unpaired) electrons. The molecule has 1 aromatic rings. The molecule has 0 bridgehead atoms. The summed E-state index contributed by atoms with van der Waals surface area (Å²) in [5.41, 5.74) is 5.54. The lowest BCUT2D eigenvalue weighted by atomic mass is 9.58. The maximum Gasteiger partial charge on any atom is 0.269 e. The Morgan fingerprint density at radius 1 is 1.33 bits per heavy atom. The molecule has 134 valence electrons. The fourth-order valence-corrected chi connectivity index (χ4v) is 4.03. The van der Waals surface area contributed by atoms with Crippen LogP contribution >= 0.6 is 0 Å². The fraction of sp³-hybridized carbons (Fsp3) is 0.316. The SMILES string of the molecule is CN1CC=C2C(C#N)=C(N)C(C#N)(C#N)C(c3cccc([N+](=O)[O-])c3)C2C1. The molecular formula is C19H16N6O2. The summed E-state index contributed by atoms with van der Waals surface area (Å²) in [6.07, 6.45) is 1.88. The summed E-state index contributed by atoms with van der Waals surface area (Å²) in [5.74, 6) is -1.08. The molecule has 0 spiro atoms. The van der Waals surface area contributed by atoms with E-state index in [9.17, 15) is 25.9 Å². The first-order valence-electron chi connectivity index (χ1n) is 8.25. The lowest BCUT2D eigenvalue weighted by molar-refractivity contribution is -0.384. The molecule has 0 fully saturated rings. The van der Waals surface area contributed by atoms with Crippen molar-refractivity contribution in [3.05, 3.63) is 62.9 Å². The topological polar surface area (TPSA) is 144 Å². The number of rotatable bonds is 2. The van der Waals surface area contributed by atoms with Crippen LogP contribution in [-0.2, 0) is 0 Å². The van der Waals surface area contributed by atoms with Gasteiger partial charge >= 0.3 is 0 Å². The molecule has 2 unspecified atom stereocenters. The van der Waals surface area contributed by atoms with Crippen molar-refractivity contribution in [2.75, 3.05) is 20.1 Å². The summed E-state index contributed by atoms with van der Waals surface area (Å²) >= 11 is 0. The molecule has 2 atom stereocenters. The highest BCUT2D eigenvalue weighted by Crippen LogP contribution is 2.54. The molecule has 1 heterocycles. The van der Waals surface area contributed by atoms with E-state index in [1.54, 1.807) is 6.07 Å². The Balaban J connectivity index is 2.33. The Labute approximate surface area is 156 Å². The number of allylic oxidation sites excluding steroid dienone is 2. The average Bonchev–Trinajstić information content (AvgIpc) is 2.67. The highest BCUT2D eigenvalue weighted by atomic mass is 16.6. The first-order chi connectivity index (χ1) is 12.9. The predicted molar refractivity (Wildman–Crippen MR) is 95.4 cm³/mol. The number of nitriles is 3. The average molecular weight is 360 g/mol. The van der Waals surface area contributed by atoms with Gasteiger partial charge in [-0.2, -0.15) is 15.8 Å². The fourth-order valence-electron chi connectivity index (χ4n) is 4.03. The third kappa shape index (κ3) is 2.62. The minimum Gasteiger partial charge on any atom is -0.399 e. The van der Waals surface area contributed by atoms with Gasteiger partial charge < -0.3 is 10.6 Å². The number of fused-ring (bicyclic) bond motifs is 1. The van der Waals surface area contributed by atoms with E-state index < -0.39 is 16.3 Å². The van der Waals surface area contributed by atoms with Crippen molar-refractivity contribution in [3.8, 4) is 18.2 Å². The van der Waals surface area contributed by atoms with Gasteiger partial charge in [-0.05, 0) is 18.2 Å². The molecule has 1 aromatic carbocycles. The van der Waals surface area contributed by atoms with Crippen molar-refractivity contribution in [2.45, 2.75) is 5.92 Å². The Morgan fingerprint density at radius 3 is 2.63 bits per heavy atom. The number of hydrogen-bond acceptors (Lipinski definition) is 7. The van der Waals surface area contributed by atoms with Gasteiger partial charge in [0.05, 0.1) is 28.3 Å². The molecule has 0 saturated carbocycles. The number of nitrogens with zero attached hydrogens (tertiary/aromatic N) is 5. The minimum atomic E-state index is -1.78. The number of hydrogen-bond donors (Lipinski definition) is 1. The number of likely N-dealkylation sites (N-methyl/N-ethyl adjacent to an activating group) is 1. The Hall–Kier alpha value is -3.67. The number of non-ortho nitro benzene ring substituents is 1. The Bertz CT molecular complexity index is 990. The van der Waals surface area contributed by atoms with Crippen LogP contribution in [0.5, 0.6) is 0 Å². The molecule has 0 amide bonds. The molecular weight excluding hydrogens is 344 g/mol. The lowest BCUT2D eigenvalue weighted by Crippen LogP contribution is -2.47. The second-order valence-electron chi connectivity index (χ2n) is 6.75. The molecule has 3 rings (SSSR count). The van der Waals surface area contributed by atoms with Gasteiger partial charge in [-0.25, -0.2) is 0 Å². The highest BCUT2D eigenvalue weighted by molar-refractivity contribution is 5.60. The standard InChI is InChI=1S/C19H16N6O2/c1-24-6-5-14-15(8-20)18(23)19(10-21,11-22)17(16(14)9-24)12-3-2-4-13(7-12)25(26)27/h2-5,7,16-17H,6,9,23H2,1H3. The number of benzene rings is 1. The van der Waals surface area contributed by atoms with E-state index in [0.717, 1.165) is 0 Å². The van der Waals surface area contributed by atoms with Crippen LogP contribution in [0.1, 0.15) is 11.5 Å². The van der Waals surface area contributed by atoms with Crippen LogP contribution < -0.4 is 5.73 Å². The van der Waals surface area contributed by atoms with Crippen LogP contribution in [-0.4, -0.2) is 30.0 Å². The summed E-state index contributed by atoms with van der Waals surface area (Å²) in [5, 5.41) is 40.7. The monoisotopic (exact) mass is 360 g/mol. The van der Waals surface area contributed by atoms with Crippen LogP contribution in [0.25, 0.3) is 0 Å². The highest BCUT2D eigenvalue weighted by Gasteiger charge is 2.54. The van der Waals surface area contributed by atoms with E-state index in [4.69, 9.17) is 5.73 Å². The van der Waals surface area contributed by atoms with Crippen molar-refractivity contribution in [1.82, 2.24) is 4.90 Å². The smallest absolute Gasteiger partial charge is 0.269 e. The molecule has 27 heavy (non-hydrogen) atoms. The zero-order valence-corrected chi connectivity index (χ0v) is 14.6. The van der Waals surface area contributed by atoms with E-state index in [2.05, 4.69) is 6.07 Å². The Kier molecular flexibility index (Phi) is 4.41.